The maximum absolute atomic E-state index is 13.5. The van der Waals surface area contributed by atoms with E-state index in [0.29, 0.717) is 12.8 Å². The van der Waals surface area contributed by atoms with E-state index < -0.39 is 17.9 Å². The number of rotatable bonds is 11. The zero-order chi connectivity index (χ0) is 24.8. The molecule has 7 heteroatoms. The van der Waals surface area contributed by atoms with E-state index in [1.165, 1.54) is 11.1 Å². The standard InChI is InChI=1S/C28H32N2O4S/c1-2-3-8-20(16-26(31)32)27(33)30-24(15-21-17-35-25-12-7-6-11-23(21)25)28(34)29-22-13-18-9-4-5-10-19(18)14-22/h4-7,9-12,17,20,22,24H,2-3,8,13-16H2,1H3,(H,29,34)(H,30,33)(H,31,32)/t20-,24+/m1/s1. The Morgan fingerprint density at radius 2 is 1.71 bits per heavy atom. The summed E-state index contributed by atoms with van der Waals surface area (Å²) < 4.78 is 1.13. The van der Waals surface area contributed by atoms with E-state index in [2.05, 4.69) is 22.8 Å². The number of benzene rings is 2. The molecule has 3 aromatic rings. The Morgan fingerprint density at radius 3 is 2.40 bits per heavy atom. The van der Waals surface area contributed by atoms with Gasteiger partial charge in [0.1, 0.15) is 6.04 Å². The predicted molar refractivity (Wildman–Crippen MR) is 139 cm³/mol. The first-order valence-corrected chi connectivity index (χ1v) is 13.2. The highest BCUT2D eigenvalue weighted by Crippen LogP contribution is 2.27. The Morgan fingerprint density at radius 1 is 1.03 bits per heavy atom. The minimum absolute atomic E-state index is 0.0200. The third-order valence-electron chi connectivity index (χ3n) is 6.71. The first-order valence-electron chi connectivity index (χ1n) is 12.3. The number of hydrogen-bond acceptors (Lipinski definition) is 4. The monoisotopic (exact) mass is 492 g/mol. The molecule has 0 unspecified atom stereocenters. The van der Waals surface area contributed by atoms with Crippen molar-refractivity contribution in [3.63, 3.8) is 0 Å². The summed E-state index contributed by atoms with van der Waals surface area (Å²) in [6.07, 6.45) is 3.77. The second-order valence-electron chi connectivity index (χ2n) is 9.34. The number of carboxylic acids is 1. The van der Waals surface area contributed by atoms with Crippen molar-refractivity contribution in [3.05, 3.63) is 70.6 Å². The summed E-state index contributed by atoms with van der Waals surface area (Å²) in [6.45, 7) is 2.01. The van der Waals surface area contributed by atoms with Crippen LogP contribution in [0, 0.1) is 5.92 Å². The summed E-state index contributed by atoms with van der Waals surface area (Å²) in [5, 5.41) is 18.5. The number of carbonyl (C=O) groups is 3. The van der Waals surface area contributed by atoms with Gasteiger partial charge in [-0.25, -0.2) is 0 Å². The van der Waals surface area contributed by atoms with E-state index in [9.17, 15) is 19.5 Å². The molecule has 0 aliphatic heterocycles. The van der Waals surface area contributed by atoms with Gasteiger partial charge in [0.2, 0.25) is 11.8 Å². The Labute approximate surface area is 209 Å². The summed E-state index contributed by atoms with van der Waals surface area (Å²) >= 11 is 1.61. The van der Waals surface area contributed by atoms with E-state index in [1.807, 2.05) is 48.7 Å². The first-order chi connectivity index (χ1) is 16.9. The SMILES string of the molecule is CCCC[C@H](CC(=O)O)C(=O)N[C@@H](Cc1csc2ccccc12)C(=O)NC1Cc2ccccc2C1. The molecule has 35 heavy (non-hydrogen) atoms. The van der Waals surface area contributed by atoms with Crippen LogP contribution >= 0.6 is 11.3 Å². The minimum Gasteiger partial charge on any atom is -0.481 e. The van der Waals surface area contributed by atoms with Crippen LogP contribution in [0.15, 0.2) is 53.9 Å². The topological polar surface area (TPSA) is 95.5 Å². The van der Waals surface area contributed by atoms with Crippen molar-refractivity contribution in [1.29, 1.82) is 0 Å². The zero-order valence-electron chi connectivity index (χ0n) is 20.0. The highest BCUT2D eigenvalue weighted by Gasteiger charge is 2.30. The second kappa shape index (κ2) is 11.5. The average molecular weight is 493 g/mol. The molecule has 0 saturated carbocycles. The molecule has 4 rings (SSSR count). The van der Waals surface area contributed by atoms with Gasteiger partial charge in [-0.15, -0.1) is 11.3 Å². The van der Waals surface area contributed by atoms with E-state index >= 15 is 0 Å². The fourth-order valence-corrected chi connectivity index (χ4v) is 5.84. The molecule has 6 nitrogen and oxygen atoms in total. The Bertz CT molecular complexity index is 1180. The number of aliphatic carboxylic acids is 1. The number of unbranched alkanes of at least 4 members (excludes halogenated alkanes) is 1. The summed E-state index contributed by atoms with van der Waals surface area (Å²) in [5.74, 6) is -2.25. The molecule has 0 radical (unpaired) electrons. The summed E-state index contributed by atoms with van der Waals surface area (Å²) in [4.78, 5) is 38.0. The second-order valence-corrected chi connectivity index (χ2v) is 10.3. The van der Waals surface area contributed by atoms with Crippen LogP contribution in [0.4, 0.5) is 0 Å². The highest BCUT2D eigenvalue weighted by atomic mass is 32.1. The van der Waals surface area contributed by atoms with Gasteiger partial charge >= 0.3 is 5.97 Å². The van der Waals surface area contributed by atoms with E-state index in [1.54, 1.807) is 11.3 Å². The number of carbonyl (C=O) groups excluding carboxylic acids is 2. The lowest BCUT2D eigenvalue weighted by atomic mass is 9.96. The molecule has 0 bridgehead atoms. The fraction of sp³-hybridized carbons (Fsp3) is 0.393. The van der Waals surface area contributed by atoms with Gasteiger partial charge < -0.3 is 15.7 Å². The molecular formula is C28H32N2O4S. The molecule has 1 aliphatic carbocycles. The molecule has 1 heterocycles. The Balaban J connectivity index is 1.52. The smallest absolute Gasteiger partial charge is 0.304 e. The lowest BCUT2D eigenvalue weighted by Crippen LogP contribution is -2.52. The molecule has 2 amide bonds. The van der Waals surface area contributed by atoms with Crippen LogP contribution in [0.25, 0.3) is 10.1 Å². The van der Waals surface area contributed by atoms with Crippen LogP contribution in [0.2, 0.25) is 0 Å². The molecule has 0 spiro atoms. The van der Waals surface area contributed by atoms with Crippen molar-refractivity contribution in [2.75, 3.05) is 0 Å². The van der Waals surface area contributed by atoms with E-state index in [-0.39, 0.29) is 24.3 Å². The molecule has 2 atom stereocenters. The lowest BCUT2D eigenvalue weighted by molar-refractivity contribution is -0.141. The molecule has 184 valence electrons. The maximum atomic E-state index is 13.5. The fourth-order valence-electron chi connectivity index (χ4n) is 4.86. The average Bonchev–Trinajstić information content (AvgIpc) is 3.44. The summed E-state index contributed by atoms with van der Waals surface area (Å²) in [5.41, 5.74) is 3.48. The van der Waals surface area contributed by atoms with Gasteiger partial charge in [-0.3, -0.25) is 14.4 Å². The quantitative estimate of drug-likeness (QED) is 0.367. The number of thiophene rings is 1. The number of hydrogen-bond donors (Lipinski definition) is 3. The predicted octanol–water partition coefficient (Wildman–Crippen LogP) is 4.49. The van der Waals surface area contributed by atoms with Crippen molar-refractivity contribution in [2.24, 2.45) is 5.92 Å². The molecule has 1 aliphatic rings. The number of amides is 2. The minimum atomic E-state index is -1.00. The van der Waals surface area contributed by atoms with Crippen LogP contribution < -0.4 is 10.6 Å². The van der Waals surface area contributed by atoms with Gasteiger partial charge in [0.05, 0.1) is 6.42 Å². The van der Waals surface area contributed by atoms with Crippen LogP contribution in [-0.2, 0) is 33.6 Å². The molecule has 0 saturated heterocycles. The van der Waals surface area contributed by atoms with Crippen molar-refractivity contribution in [2.45, 2.75) is 64.0 Å². The van der Waals surface area contributed by atoms with Crippen LogP contribution in [0.5, 0.6) is 0 Å². The molecule has 1 aromatic heterocycles. The molecule has 3 N–H and O–H groups in total. The highest BCUT2D eigenvalue weighted by molar-refractivity contribution is 7.17. The molecular weight excluding hydrogens is 460 g/mol. The van der Waals surface area contributed by atoms with Crippen molar-refractivity contribution >= 4 is 39.2 Å². The molecule has 0 fully saturated rings. The van der Waals surface area contributed by atoms with E-state index in [0.717, 1.165) is 41.3 Å². The number of nitrogens with one attached hydrogen (secondary N) is 2. The first kappa shape index (κ1) is 24.9. The Kier molecular flexibility index (Phi) is 8.18. The number of carboxylic acid groups (broad SMARTS) is 1. The van der Waals surface area contributed by atoms with E-state index in [4.69, 9.17) is 0 Å². The van der Waals surface area contributed by atoms with Gasteiger partial charge in [0, 0.05) is 23.1 Å². The summed E-state index contributed by atoms with van der Waals surface area (Å²) in [7, 11) is 0. The van der Waals surface area contributed by atoms with Gasteiger partial charge in [0.25, 0.3) is 0 Å². The van der Waals surface area contributed by atoms with Crippen molar-refractivity contribution in [3.8, 4) is 0 Å². The summed E-state index contributed by atoms with van der Waals surface area (Å²) in [6, 6.07) is 15.4. The van der Waals surface area contributed by atoms with Crippen LogP contribution in [0.1, 0.15) is 49.3 Å². The van der Waals surface area contributed by atoms with Gasteiger partial charge in [-0.05, 0) is 52.8 Å². The van der Waals surface area contributed by atoms with Gasteiger partial charge in [-0.1, -0.05) is 62.2 Å². The van der Waals surface area contributed by atoms with Crippen molar-refractivity contribution in [1.82, 2.24) is 10.6 Å². The third-order valence-corrected chi connectivity index (χ3v) is 7.73. The Hall–Kier alpha value is -3.19. The largest absolute Gasteiger partial charge is 0.481 e. The van der Waals surface area contributed by atoms with Crippen molar-refractivity contribution < 1.29 is 19.5 Å². The van der Waals surface area contributed by atoms with Gasteiger partial charge in [-0.2, -0.15) is 0 Å². The van der Waals surface area contributed by atoms with Crippen LogP contribution in [0.3, 0.4) is 0 Å². The maximum Gasteiger partial charge on any atom is 0.304 e. The third kappa shape index (κ3) is 6.28. The number of fused-ring (bicyclic) bond motifs is 2. The van der Waals surface area contributed by atoms with Gasteiger partial charge in [0.15, 0.2) is 0 Å². The molecule has 2 aromatic carbocycles. The van der Waals surface area contributed by atoms with Crippen LogP contribution in [-0.4, -0.2) is 35.0 Å². The zero-order valence-corrected chi connectivity index (χ0v) is 20.8. The normalized spacial score (nSPS) is 14.9. The lowest BCUT2D eigenvalue weighted by Gasteiger charge is -2.23.